The van der Waals surface area contributed by atoms with E-state index in [1.165, 1.54) is 18.2 Å². The van der Waals surface area contributed by atoms with Gasteiger partial charge < -0.3 is 15.7 Å². The van der Waals surface area contributed by atoms with E-state index in [2.05, 4.69) is 15.6 Å². The smallest absolute Gasteiger partial charge is 0.417 e. The Bertz CT molecular complexity index is 688. The Balaban J connectivity index is 1.72. The van der Waals surface area contributed by atoms with Gasteiger partial charge in [-0.1, -0.05) is 12.1 Å². The van der Waals surface area contributed by atoms with Crippen molar-refractivity contribution in [2.75, 3.05) is 18.4 Å². The molecule has 3 N–H and O–H groups in total. The lowest BCUT2D eigenvalue weighted by Gasteiger charge is -2.09. The second kappa shape index (κ2) is 7.67. The monoisotopic (exact) mass is 339 g/mol. The predicted molar refractivity (Wildman–Crippen MR) is 82.8 cm³/mol. The number of phenols is 1. The molecule has 0 spiro atoms. The highest BCUT2D eigenvalue weighted by atomic mass is 19.4. The number of hydrogen-bond acceptors (Lipinski definition) is 4. The van der Waals surface area contributed by atoms with E-state index in [0.29, 0.717) is 25.3 Å². The van der Waals surface area contributed by atoms with Crippen LogP contribution >= 0.6 is 0 Å². The SMILES string of the molecule is O=C(NCCCNc1ccc(C(F)(F)F)cn1)c1ccccc1O. The Labute approximate surface area is 136 Å². The first-order valence-electron chi connectivity index (χ1n) is 7.21. The molecule has 0 unspecified atom stereocenters. The van der Waals surface area contributed by atoms with Crippen molar-refractivity contribution in [3.05, 3.63) is 53.7 Å². The number of carbonyl (C=O) groups excluding carboxylic acids is 1. The lowest BCUT2D eigenvalue weighted by Crippen LogP contribution is -2.25. The van der Waals surface area contributed by atoms with Gasteiger partial charge >= 0.3 is 6.18 Å². The van der Waals surface area contributed by atoms with Crippen LogP contribution in [0.4, 0.5) is 19.0 Å². The van der Waals surface area contributed by atoms with Gasteiger partial charge in [0.1, 0.15) is 11.6 Å². The largest absolute Gasteiger partial charge is 0.507 e. The lowest BCUT2D eigenvalue weighted by molar-refractivity contribution is -0.137. The summed E-state index contributed by atoms with van der Waals surface area (Å²) >= 11 is 0. The van der Waals surface area contributed by atoms with E-state index in [1.54, 1.807) is 12.1 Å². The molecule has 0 saturated carbocycles. The van der Waals surface area contributed by atoms with Gasteiger partial charge in [-0.3, -0.25) is 4.79 Å². The quantitative estimate of drug-likeness (QED) is 0.707. The van der Waals surface area contributed by atoms with Gasteiger partial charge in [0.25, 0.3) is 5.91 Å². The molecule has 5 nitrogen and oxygen atoms in total. The van der Waals surface area contributed by atoms with Crippen molar-refractivity contribution in [3.63, 3.8) is 0 Å². The number of hydrogen-bond donors (Lipinski definition) is 3. The number of benzene rings is 1. The van der Waals surface area contributed by atoms with E-state index in [9.17, 15) is 23.1 Å². The molecule has 8 heteroatoms. The number of halogens is 3. The summed E-state index contributed by atoms with van der Waals surface area (Å²) < 4.78 is 37.2. The van der Waals surface area contributed by atoms with Crippen molar-refractivity contribution in [2.45, 2.75) is 12.6 Å². The molecule has 0 saturated heterocycles. The minimum Gasteiger partial charge on any atom is -0.507 e. The van der Waals surface area contributed by atoms with E-state index < -0.39 is 11.7 Å². The lowest BCUT2D eigenvalue weighted by atomic mass is 10.2. The Morgan fingerprint density at radius 1 is 1.12 bits per heavy atom. The maximum absolute atomic E-state index is 12.4. The fourth-order valence-electron chi connectivity index (χ4n) is 1.93. The van der Waals surface area contributed by atoms with Crippen molar-refractivity contribution < 1.29 is 23.1 Å². The molecule has 0 bridgehead atoms. The molecule has 1 aromatic carbocycles. The number of carbonyl (C=O) groups is 1. The van der Waals surface area contributed by atoms with Gasteiger partial charge in [-0.2, -0.15) is 13.2 Å². The summed E-state index contributed by atoms with van der Waals surface area (Å²) in [5.41, 5.74) is -0.613. The summed E-state index contributed by atoms with van der Waals surface area (Å²) in [7, 11) is 0. The van der Waals surface area contributed by atoms with Crippen LogP contribution in [-0.4, -0.2) is 29.1 Å². The van der Waals surface area contributed by atoms with Gasteiger partial charge in [0.05, 0.1) is 11.1 Å². The maximum atomic E-state index is 12.4. The van der Waals surface area contributed by atoms with Crippen LogP contribution in [0.5, 0.6) is 5.75 Å². The zero-order valence-corrected chi connectivity index (χ0v) is 12.6. The number of aromatic nitrogens is 1. The average molecular weight is 339 g/mol. The summed E-state index contributed by atoms with van der Waals surface area (Å²) in [6.45, 7) is 0.778. The molecule has 2 rings (SSSR count). The summed E-state index contributed by atoms with van der Waals surface area (Å²) in [4.78, 5) is 15.5. The summed E-state index contributed by atoms with van der Waals surface area (Å²) in [5, 5.41) is 15.1. The standard InChI is InChI=1S/C16H16F3N3O2/c17-16(18,19)11-6-7-14(22-10-11)20-8-3-9-21-15(24)12-4-1-2-5-13(12)23/h1-2,4-7,10,23H,3,8-9H2,(H,20,22)(H,21,24). The van der Waals surface area contributed by atoms with Crippen LogP contribution in [0.15, 0.2) is 42.6 Å². The van der Waals surface area contributed by atoms with Gasteiger partial charge in [-0.05, 0) is 30.7 Å². The first-order valence-corrected chi connectivity index (χ1v) is 7.21. The van der Waals surface area contributed by atoms with Crippen LogP contribution < -0.4 is 10.6 Å². The van der Waals surface area contributed by atoms with Gasteiger partial charge in [0.15, 0.2) is 0 Å². The first-order chi connectivity index (χ1) is 11.4. The van der Waals surface area contributed by atoms with Crippen LogP contribution in [0, 0.1) is 0 Å². The van der Waals surface area contributed by atoms with Crippen LogP contribution in [0.3, 0.4) is 0 Å². The summed E-state index contributed by atoms with van der Waals surface area (Å²) in [5.74, 6) is -0.155. The van der Waals surface area contributed by atoms with Crippen molar-refractivity contribution in [3.8, 4) is 5.75 Å². The molecule has 0 fully saturated rings. The van der Waals surface area contributed by atoms with Crippen LogP contribution in [0.25, 0.3) is 0 Å². The van der Waals surface area contributed by atoms with Gasteiger partial charge in [0.2, 0.25) is 0 Å². The van der Waals surface area contributed by atoms with E-state index in [-0.39, 0.29) is 17.2 Å². The fraction of sp³-hybridized carbons (Fsp3) is 0.250. The maximum Gasteiger partial charge on any atom is 0.417 e. The summed E-state index contributed by atoms with van der Waals surface area (Å²) in [6, 6.07) is 8.40. The average Bonchev–Trinajstić information content (AvgIpc) is 2.54. The Morgan fingerprint density at radius 3 is 2.50 bits per heavy atom. The molecule has 0 radical (unpaired) electrons. The molecule has 2 aromatic rings. The van der Waals surface area contributed by atoms with E-state index in [0.717, 1.165) is 12.3 Å². The second-order valence-corrected chi connectivity index (χ2v) is 4.98. The van der Waals surface area contributed by atoms with Crippen molar-refractivity contribution in [1.82, 2.24) is 10.3 Å². The highest BCUT2D eigenvalue weighted by Gasteiger charge is 2.30. The molecule has 1 aromatic heterocycles. The molecule has 0 aliphatic rings. The highest BCUT2D eigenvalue weighted by molar-refractivity contribution is 5.96. The number of nitrogens with one attached hydrogen (secondary N) is 2. The third-order valence-corrected chi connectivity index (χ3v) is 3.18. The highest BCUT2D eigenvalue weighted by Crippen LogP contribution is 2.28. The molecule has 128 valence electrons. The third-order valence-electron chi connectivity index (χ3n) is 3.18. The van der Waals surface area contributed by atoms with Crippen LogP contribution in [0.1, 0.15) is 22.3 Å². The fourth-order valence-corrected chi connectivity index (χ4v) is 1.93. The molecular weight excluding hydrogens is 323 g/mol. The zero-order chi connectivity index (χ0) is 17.6. The predicted octanol–water partition coefficient (Wildman–Crippen LogP) is 3.04. The van der Waals surface area contributed by atoms with E-state index in [4.69, 9.17) is 0 Å². The number of amides is 1. The van der Waals surface area contributed by atoms with Gasteiger partial charge in [-0.15, -0.1) is 0 Å². The number of pyridine rings is 1. The zero-order valence-electron chi connectivity index (χ0n) is 12.6. The van der Waals surface area contributed by atoms with Gasteiger partial charge in [0, 0.05) is 19.3 Å². The molecule has 1 heterocycles. The third kappa shape index (κ3) is 4.87. The number of phenolic OH excluding ortho intramolecular Hbond substituents is 1. The van der Waals surface area contributed by atoms with Crippen molar-refractivity contribution in [1.29, 1.82) is 0 Å². The van der Waals surface area contributed by atoms with Crippen molar-refractivity contribution >= 4 is 11.7 Å². The Morgan fingerprint density at radius 2 is 1.88 bits per heavy atom. The number of rotatable bonds is 6. The molecule has 0 aliphatic heterocycles. The normalized spacial score (nSPS) is 11.1. The molecule has 0 aliphatic carbocycles. The number of anilines is 1. The Kier molecular flexibility index (Phi) is 5.62. The van der Waals surface area contributed by atoms with Crippen LogP contribution in [0.2, 0.25) is 0 Å². The number of nitrogens with zero attached hydrogens (tertiary/aromatic N) is 1. The first kappa shape index (κ1) is 17.6. The second-order valence-electron chi connectivity index (χ2n) is 4.98. The topological polar surface area (TPSA) is 74.2 Å². The van der Waals surface area contributed by atoms with Crippen molar-refractivity contribution in [2.24, 2.45) is 0 Å². The van der Waals surface area contributed by atoms with Gasteiger partial charge in [-0.25, -0.2) is 4.98 Å². The molecule has 0 atom stereocenters. The number of aromatic hydroxyl groups is 1. The van der Waals surface area contributed by atoms with Crippen LogP contribution in [-0.2, 0) is 6.18 Å². The number of para-hydroxylation sites is 1. The van der Waals surface area contributed by atoms with E-state index in [1.807, 2.05) is 0 Å². The molecule has 24 heavy (non-hydrogen) atoms. The summed E-state index contributed by atoms with van der Waals surface area (Å²) in [6.07, 6.45) is -3.09. The minimum absolute atomic E-state index is 0.0953. The minimum atomic E-state index is -4.40. The molecular formula is C16H16F3N3O2. The Hall–Kier alpha value is -2.77. The van der Waals surface area contributed by atoms with E-state index >= 15 is 0 Å². The molecule has 1 amide bonds. The number of alkyl halides is 3.